The molecule has 0 atom stereocenters. The van der Waals surface area contributed by atoms with E-state index in [9.17, 15) is 4.79 Å². The zero-order valence-electron chi connectivity index (χ0n) is 12.6. The van der Waals surface area contributed by atoms with Gasteiger partial charge in [0.25, 0.3) is 0 Å². The van der Waals surface area contributed by atoms with E-state index in [-0.39, 0.29) is 5.91 Å². The molecule has 0 unspecified atom stereocenters. The van der Waals surface area contributed by atoms with E-state index in [0.717, 1.165) is 5.75 Å². The van der Waals surface area contributed by atoms with Crippen molar-refractivity contribution in [3.63, 3.8) is 0 Å². The largest absolute Gasteiger partial charge is 0.352 e. The van der Waals surface area contributed by atoms with E-state index in [0.29, 0.717) is 13.0 Å². The molecule has 0 radical (unpaired) electrons. The molecule has 21 heavy (non-hydrogen) atoms. The van der Waals surface area contributed by atoms with E-state index in [1.807, 2.05) is 12.1 Å². The Labute approximate surface area is 131 Å². The Kier molecular flexibility index (Phi) is 5.88. The molecule has 0 bridgehead atoms. The van der Waals surface area contributed by atoms with Crippen LogP contribution in [0.4, 0.5) is 0 Å². The van der Waals surface area contributed by atoms with Gasteiger partial charge in [-0.05, 0) is 37.1 Å². The van der Waals surface area contributed by atoms with Crippen LogP contribution in [0.3, 0.4) is 0 Å². The van der Waals surface area contributed by atoms with Crippen molar-refractivity contribution in [3.8, 4) is 0 Å². The highest BCUT2D eigenvalue weighted by Crippen LogP contribution is 2.18. The molecule has 0 saturated carbocycles. The van der Waals surface area contributed by atoms with Crippen molar-refractivity contribution in [2.75, 3.05) is 5.75 Å². The van der Waals surface area contributed by atoms with Crippen LogP contribution in [0.1, 0.15) is 23.1 Å². The normalized spacial score (nSPS) is 10.4. The van der Waals surface area contributed by atoms with Gasteiger partial charge in [0.15, 0.2) is 0 Å². The molecule has 0 aromatic heterocycles. The fraction of sp³-hybridized carbons (Fsp3) is 0.278. The van der Waals surface area contributed by atoms with Crippen molar-refractivity contribution in [3.05, 3.63) is 65.2 Å². The topological polar surface area (TPSA) is 29.1 Å². The lowest BCUT2D eigenvalue weighted by Crippen LogP contribution is -2.23. The minimum absolute atomic E-state index is 0.109. The molecule has 2 aromatic carbocycles. The zero-order valence-corrected chi connectivity index (χ0v) is 13.4. The van der Waals surface area contributed by atoms with Gasteiger partial charge in [-0.3, -0.25) is 4.79 Å². The maximum atomic E-state index is 11.8. The van der Waals surface area contributed by atoms with Crippen molar-refractivity contribution in [2.45, 2.75) is 31.7 Å². The lowest BCUT2D eigenvalue weighted by molar-refractivity contribution is -0.120. The second-order valence-electron chi connectivity index (χ2n) is 5.11. The van der Waals surface area contributed by atoms with Crippen LogP contribution < -0.4 is 5.32 Å². The average molecular weight is 299 g/mol. The first-order chi connectivity index (χ1) is 10.1. The number of hydrogen-bond donors (Lipinski definition) is 1. The summed E-state index contributed by atoms with van der Waals surface area (Å²) in [6.07, 6.45) is 0.546. The van der Waals surface area contributed by atoms with Gasteiger partial charge in [-0.2, -0.15) is 0 Å². The SMILES string of the molecule is Cc1ccc(SCCC(=O)NCc2ccccc2C)cc1. The summed E-state index contributed by atoms with van der Waals surface area (Å²) in [5, 5.41) is 2.98. The minimum Gasteiger partial charge on any atom is -0.352 e. The summed E-state index contributed by atoms with van der Waals surface area (Å²) in [6, 6.07) is 16.5. The monoisotopic (exact) mass is 299 g/mol. The van der Waals surface area contributed by atoms with Gasteiger partial charge < -0.3 is 5.32 Å². The number of amides is 1. The van der Waals surface area contributed by atoms with Gasteiger partial charge in [-0.25, -0.2) is 0 Å². The molecular weight excluding hydrogens is 278 g/mol. The van der Waals surface area contributed by atoms with Crippen LogP contribution in [0, 0.1) is 13.8 Å². The maximum Gasteiger partial charge on any atom is 0.221 e. The Morgan fingerprint density at radius 1 is 1.05 bits per heavy atom. The van der Waals surface area contributed by atoms with Gasteiger partial charge in [-0.15, -0.1) is 11.8 Å². The first-order valence-corrected chi connectivity index (χ1v) is 8.14. The van der Waals surface area contributed by atoms with Crippen LogP contribution in [0.5, 0.6) is 0 Å². The third kappa shape index (κ3) is 5.27. The van der Waals surface area contributed by atoms with Crippen LogP contribution in [0.15, 0.2) is 53.4 Å². The first kappa shape index (κ1) is 15.6. The predicted molar refractivity (Wildman–Crippen MR) is 89.5 cm³/mol. The summed E-state index contributed by atoms with van der Waals surface area (Å²) in [7, 11) is 0. The zero-order chi connectivity index (χ0) is 15.1. The summed E-state index contributed by atoms with van der Waals surface area (Å²) in [5.74, 6) is 0.917. The van der Waals surface area contributed by atoms with Crippen molar-refractivity contribution in [1.82, 2.24) is 5.32 Å². The van der Waals surface area contributed by atoms with Crippen molar-refractivity contribution >= 4 is 17.7 Å². The van der Waals surface area contributed by atoms with E-state index >= 15 is 0 Å². The van der Waals surface area contributed by atoms with Crippen LogP contribution >= 0.6 is 11.8 Å². The Hall–Kier alpha value is -1.74. The molecule has 2 nitrogen and oxygen atoms in total. The van der Waals surface area contributed by atoms with Crippen LogP contribution in [0.2, 0.25) is 0 Å². The molecule has 2 rings (SSSR count). The lowest BCUT2D eigenvalue weighted by atomic mass is 10.1. The number of carbonyl (C=O) groups excluding carboxylic acids is 1. The molecule has 0 spiro atoms. The number of thioether (sulfide) groups is 1. The highest BCUT2D eigenvalue weighted by atomic mass is 32.2. The number of benzene rings is 2. The second-order valence-corrected chi connectivity index (χ2v) is 6.28. The predicted octanol–water partition coefficient (Wildman–Crippen LogP) is 4.10. The molecule has 0 aliphatic heterocycles. The Bertz CT molecular complexity index is 592. The fourth-order valence-corrected chi connectivity index (χ4v) is 2.84. The van der Waals surface area contributed by atoms with Gasteiger partial charge >= 0.3 is 0 Å². The third-order valence-corrected chi connectivity index (χ3v) is 4.37. The van der Waals surface area contributed by atoms with Crippen molar-refractivity contribution in [2.24, 2.45) is 0 Å². The lowest BCUT2D eigenvalue weighted by Gasteiger charge is -2.08. The van der Waals surface area contributed by atoms with E-state index in [1.54, 1.807) is 11.8 Å². The Balaban J connectivity index is 1.70. The van der Waals surface area contributed by atoms with Crippen LogP contribution in [-0.2, 0) is 11.3 Å². The quantitative estimate of drug-likeness (QED) is 0.814. The Morgan fingerprint density at radius 3 is 2.48 bits per heavy atom. The van der Waals surface area contributed by atoms with Crippen LogP contribution in [0.25, 0.3) is 0 Å². The van der Waals surface area contributed by atoms with E-state index in [1.165, 1.54) is 21.6 Å². The van der Waals surface area contributed by atoms with Gasteiger partial charge in [-0.1, -0.05) is 42.0 Å². The highest BCUT2D eigenvalue weighted by Gasteiger charge is 2.03. The molecular formula is C18H21NOS. The minimum atomic E-state index is 0.109. The van der Waals surface area contributed by atoms with E-state index in [4.69, 9.17) is 0 Å². The molecule has 0 fully saturated rings. The molecule has 1 N–H and O–H groups in total. The standard InChI is InChI=1S/C18H21NOS/c1-14-7-9-17(10-8-14)21-12-11-18(20)19-13-16-6-4-3-5-15(16)2/h3-10H,11-13H2,1-2H3,(H,19,20). The highest BCUT2D eigenvalue weighted by molar-refractivity contribution is 7.99. The maximum absolute atomic E-state index is 11.8. The average Bonchev–Trinajstić information content (AvgIpc) is 2.48. The molecule has 0 saturated heterocycles. The molecule has 0 aliphatic rings. The van der Waals surface area contributed by atoms with Gasteiger partial charge in [0.1, 0.15) is 0 Å². The number of carbonyl (C=O) groups is 1. The summed E-state index contributed by atoms with van der Waals surface area (Å²) >= 11 is 1.72. The van der Waals surface area contributed by atoms with Crippen LogP contribution in [-0.4, -0.2) is 11.7 Å². The van der Waals surface area contributed by atoms with Gasteiger partial charge in [0.05, 0.1) is 0 Å². The summed E-state index contributed by atoms with van der Waals surface area (Å²) in [5.41, 5.74) is 3.65. The summed E-state index contributed by atoms with van der Waals surface area (Å²) in [6.45, 7) is 4.75. The number of rotatable bonds is 6. The number of nitrogens with one attached hydrogen (secondary N) is 1. The number of hydrogen-bond acceptors (Lipinski definition) is 2. The van der Waals surface area contributed by atoms with Gasteiger partial charge in [0, 0.05) is 23.6 Å². The van der Waals surface area contributed by atoms with E-state index in [2.05, 4.69) is 55.6 Å². The van der Waals surface area contributed by atoms with Gasteiger partial charge in [0.2, 0.25) is 5.91 Å². The summed E-state index contributed by atoms with van der Waals surface area (Å²) in [4.78, 5) is 13.1. The van der Waals surface area contributed by atoms with Crippen molar-refractivity contribution < 1.29 is 4.79 Å². The second kappa shape index (κ2) is 7.89. The molecule has 0 heterocycles. The summed E-state index contributed by atoms with van der Waals surface area (Å²) < 4.78 is 0. The smallest absolute Gasteiger partial charge is 0.221 e. The molecule has 0 aliphatic carbocycles. The first-order valence-electron chi connectivity index (χ1n) is 7.16. The third-order valence-electron chi connectivity index (χ3n) is 3.36. The molecule has 3 heteroatoms. The molecule has 2 aromatic rings. The molecule has 1 amide bonds. The van der Waals surface area contributed by atoms with E-state index < -0.39 is 0 Å². The Morgan fingerprint density at radius 2 is 1.76 bits per heavy atom. The number of aryl methyl sites for hydroxylation is 2. The van der Waals surface area contributed by atoms with Crippen molar-refractivity contribution in [1.29, 1.82) is 0 Å². The fourth-order valence-electron chi connectivity index (χ4n) is 1.99. The molecule has 110 valence electrons.